The van der Waals surface area contributed by atoms with Gasteiger partial charge in [0.25, 0.3) is 5.56 Å². The molecule has 3 rings (SSSR count). The number of hydrogen-bond donors (Lipinski definition) is 1. The zero-order valence-corrected chi connectivity index (χ0v) is 17.3. The quantitative estimate of drug-likeness (QED) is 0.460. The second-order valence-electron chi connectivity index (χ2n) is 7.00. The summed E-state index contributed by atoms with van der Waals surface area (Å²) < 4.78 is 6.83. The third-order valence-electron chi connectivity index (χ3n) is 5.12. The van der Waals surface area contributed by atoms with E-state index in [1.165, 1.54) is 6.92 Å². The predicted molar refractivity (Wildman–Crippen MR) is 111 cm³/mol. The largest absolute Gasteiger partial charge is 0.494 e. The molecule has 29 heavy (non-hydrogen) atoms. The molecule has 0 aliphatic carbocycles. The second-order valence-corrected chi connectivity index (χ2v) is 7.44. The fraction of sp³-hybridized carbons (Fsp3) is 0.318. The highest BCUT2D eigenvalue weighted by Crippen LogP contribution is 2.32. The van der Waals surface area contributed by atoms with Gasteiger partial charge in [0, 0.05) is 22.5 Å². The molecular formula is C22H21ClN2O4. The fourth-order valence-electron chi connectivity index (χ4n) is 3.47. The van der Waals surface area contributed by atoms with Crippen molar-refractivity contribution in [2.24, 2.45) is 0 Å². The number of aromatic hydroxyl groups is 1. The van der Waals surface area contributed by atoms with Crippen molar-refractivity contribution in [1.82, 2.24) is 4.57 Å². The number of fused-ring (bicyclic) bond motifs is 1. The van der Waals surface area contributed by atoms with E-state index < -0.39 is 17.2 Å². The molecule has 0 spiro atoms. The third-order valence-corrected chi connectivity index (χ3v) is 5.35. The number of rotatable bonds is 6. The van der Waals surface area contributed by atoms with Crippen molar-refractivity contribution in [3.05, 3.63) is 61.6 Å². The molecule has 0 saturated carbocycles. The van der Waals surface area contributed by atoms with Crippen molar-refractivity contribution in [2.75, 3.05) is 0 Å². The molecule has 3 aromatic rings. The number of pyridine rings is 1. The maximum absolute atomic E-state index is 13.3. The highest BCUT2D eigenvalue weighted by Gasteiger charge is 2.28. The molecule has 1 aromatic carbocycles. The van der Waals surface area contributed by atoms with Gasteiger partial charge in [-0.2, -0.15) is 5.26 Å². The van der Waals surface area contributed by atoms with Crippen molar-refractivity contribution >= 4 is 28.4 Å². The first kappa shape index (κ1) is 20.7. The number of ketones is 1. The summed E-state index contributed by atoms with van der Waals surface area (Å²) in [4.78, 5) is 25.9. The lowest BCUT2D eigenvalue weighted by molar-refractivity contribution is 0.100. The number of nitrogens with zero attached hydrogens (tertiary/aromatic N) is 2. The molecule has 0 aliphatic rings. The number of aryl methyl sites for hydroxylation is 1. The van der Waals surface area contributed by atoms with Crippen molar-refractivity contribution in [1.29, 1.82) is 5.26 Å². The van der Waals surface area contributed by atoms with Crippen LogP contribution in [0.25, 0.3) is 11.0 Å². The number of carbonyl (C=O) groups excluding carboxylic acids is 1. The Balaban J connectivity index is 2.21. The molecule has 0 fully saturated rings. The van der Waals surface area contributed by atoms with Gasteiger partial charge < -0.3 is 9.52 Å². The van der Waals surface area contributed by atoms with Crippen LogP contribution in [0.1, 0.15) is 59.0 Å². The van der Waals surface area contributed by atoms with E-state index in [0.29, 0.717) is 28.0 Å². The second kappa shape index (κ2) is 8.14. The summed E-state index contributed by atoms with van der Waals surface area (Å²) in [6, 6.07) is 6.90. The summed E-state index contributed by atoms with van der Waals surface area (Å²) in [5.74, 6) is -0.973. The fourth-order valence-corrected chi connectivity index (χ4v) is 3.65. The van der Waals surface area contributed by atoms with Gasteiger partial charge in [-0.25, -0.2) is 0 Å². The maximum Gasteiger partial charge on any atom is 0.271 e. The molecule has 0 saturated heterocycles. The van der Waals surface area contributed by atoms with E-state index in [2.05, 4.69) is 0 Å². The molecule has 0 atom stereocenters. The van der Waals surface area contributed by atoms with Crippen LogP contribution < -0.4 is 5.56 Å². The summed E-state index contributed by atoms with van der Waals surface area (Å²) in [7, 11) is 0. The lowest BCUT2D eigenvalue weighted by Crippen LogP contribution is -2.27. The van der Waals surface area contributed by atoms with Gasteiger partial charge in [-0.1, -0.05) is 31.4 Å². The molecular weight excluding hydrogens is 392 g/mol. The van der Waals surface area contributed by atoms with Gasteiger partial charge in [0.2, 0.25) is 11.7 Å². The lowest BCUT2D eigenvalue weighted by Gasteiger charge is -2.15. The van der Waals surface area contributed by atoms with E-state index in [4.69, 9.17) is 16.0 Å². The molecule has 6 nitrogen and oxygen atoms in total. The molecule has 150 valence electrons. The summed E-state index contributed by atoms with van der Waals surface area (Å²) in [6.07, 6.45) is 2.43. The van der Waals surface area contributed by atoms with Crippen LogP contribution in [0.2, 0.25) is 5.02 Å². The van der Waals surface area contributed by atoms with Crippen LogP contribution in [0.3, 0.4) is 0 Å². The normalized spacial score (nSPS) is 11.0. The number of benzene rings is 1. The maximum atomic E-state index is 13.3. The topological polar surface area (TPSA) is 96.2 Å². The van der Waals surface area contributed by atoms with E-state index in [1.54, 1.807) is 25.1 Å². The minimum atomic E-state index is -0.594. The number of carbonyl (C=O) groups is 1. The molecule has 0 aliphatic heterocycles. The van der Waals surface area contributed by atoms with Crippen LogP contribution in [0.5, 0.6) is 5.88 Å². The Morgan fingerprint density at radius 1 is 1.28 bits per heavy atom. The SMILES string of the molecule is CCCCCn1c(O)c(C(=O)c2oc3ccc(Cl)cc3c2C)c(C)c(C#N)c1=O. The molecule has 2 heterocycles. The van der Waals surface area contributed by atoms with Crippen molar-refractivity contribution < 1.29 is 14.3 Å². The van der Waals surface area contributed by atoms with Gasteiger partial charge in [-0.05, 0) is 44.0 Å². The van der Waals surface area contributed by atoms with Crippen molar-refractivity contribution in [2.45, 2.75) is 46.6 Å². The van der Waals surface area contributed by atoms with Gasteiger partial charge in [-0.15, -0.1) is 0 Å². The number of unbranched alkanes of at least 4 members (excludes halogenated alkanes) is 2. The standard InChI is InChI=1S/C22H21ClN2O4/c1-4-5-6-9-25-21(27)16(11-24)12(2)18(22(25)28)19(26)20-13(3)15-10-14(23)7-8-17(15)29-20/h7-8,10,28H,4-6,9H2,1-3H3. The van der Waals surface area contributed by atoms with Crippen molar-refractivity contribution in [3.63, 3.8) is 0 Å². The Morgan fingerprint density at radius 3 is 2.66 bits per heavy atom. The zero-order valence-electron chi connectivity index (χ0n) is 16.5. The van der Waals surface area contributed by atoms with E-state index in [9.17, 15) is 20.0 Å². The van der Waals surface area contributed by atoms with Crippen LogP contribution in [0.4, 0.5) is 0 Å². The van der Waals surface area contributed by atoms with Crippen molar-refractivity contribution in [3.8, 4) is 11.9 Å². The molecule has 0 bridgehead atoms. The summed E-state index contributed by atoms with van der Waals surface area (Å²) >= 11 is 6.04. The van der Waals surface area contributed by atoms with Gasteiger partial charge >= 0.3 is 0 Å². The van der Waals surface area contributed by atoms with Crippen LogP contribution in [0, 0.1) is 25.2 Å². The molecule has 1 N–H and O–H groups in total. The Morgan fingerprint density at radius 2 is 2.00 bits per heavy atom. The molecule has 2 aromatic heterocycles. The minimum Gasteiger partial charge on any atom is -0.494 e. The number of aromatic nitrogens is 1. The van der Waals surface area contributed by atoms with Gasteiger partial charge in [-0.3, -0.25) is 14.2 Å². The van der Waals surface area contributed by atoms with E-state index in [-0.39, 0.29) is 29.0 Å². The molecule has 0 unspecified atom stereocenters. The number of nitriles is 1. The zero-order chi connectivity index (χ0) is 21.3. The van der Waals surface area contributed by atoms with Crippen LogP contribution in [-0.4, -0.2) is 15.5 Å². The first-order chi connectivity index (χ1) is 13.8. The average Bonchev–Trinajstić information content (AvgIpc) is 3.01. The number of hydrogen-bond acceptors (Lipinski definition) is 5. The summed E-state index contributed by atoms with van der Waals surface area (Å²) in [5, 5.41) is 21.4. The van der Waals surface area contributed by atoms with Gasteiger partial charge in [0.05, 0.1) is 5.56 Å². The Hall–Kier alpha value is -3.04. The van der Waals surface area contributed by atoms with Crippen LogP contribution in [0.15, 0.2) is 27.4 Å². The summed E-state index contributed by atoms with van der Waals surface area (Å²) in [6.45, 7) is 5.45. The van der Waals surface area contributed by atoms with E-state index >= 15 is 0 Å². The minimum absolute atomic E-state index is 0.0447. The highest BCUT2D eigenvalue weighted by molar-refractivity contribution is 6.31. The van der Waals surface area contributed by atoms with Crippen LogP contribution in [-0.2, 0) is 6.54 Å². The van der Waals surface area contributed by atoms with E-state index in [1.807, 2.05) is 13.0 Å². The van der Waals surface area contributed by atoms with Gasteiger partial charge in [0.15, 0.2) is 5.76 Å². The van der Waals surface area contributed by atoms with E-state index in [0.717, 1.165) is 17.4 Å². The Bertz CT molecular complexity index is 1210. The third kappa shape index (κ3) is 3.54. The number of halogens is 1. The molecule has 0 radical (unpaired) electrons. The highest BCUT2D eigenvalue weighted by atomic mass is 35.5. The Kier molecular flexibility index (Phi) is 5.81. The monoisotopic (exact) mass is 412 g/mol. The summed E-state index contributed by atoms with van der Waals surface area (Å²) in [5.41, 5.74) is 0.371. The van der Waals surface area contributed by atoms with Gasteiger partial charge in [0.1, 0.15) is 17.2 Å². The first-order valence-electron chi connectivity index (χ1n) is 9.41. The molecule has 7 heteroatoms. The first-order valence-corrected chi connectivity index (χ1v) is 9.79. The molecule has 0 amide bonds. The smallest absolute Gasteiger partial charge is 0.271 e. The number of furan rings is 1. The van der Waals surface area contributed by atoms with Crippen LogP contribution >= 0.6 is 11.6 Å². The Labute approximate surface area is 172 Å². The predicted octanol–water partition coefficient (Wildman–Crippen LogP) is 4.86. The lowest BCUT2D eigenvalue weighted by atomic mass is 9.98. The average molecular weight is 413 g/mol.